The molecule has 0 aromatic carbocycles. The Labute approximate surface area is 109 Å². The summed E-state index contributed by atoms with van der Waals surface area (Å²) >= 11 is 0. The first kappa shape index (κ1) is 16.9. The number of hydrogen-bond donors (Lipinski definition) is 1. The highest BCUT2D eigenvalue weighted by atomic mass is 15.0. The molecule has 1 atom stereocenters. The summed E-state index contributed by atoms with van der Waals surface area (Å²) in [5.41, 5.74) is 0. The predicted octanol–water partition coefficient (Wildman–Crippen LogP) is 3.52. The average molecular weight is 242 g/mol. The lowest BCUT2D eigenvalue weighted by Crippen LogP contribution is -2.23. The smallest absolute Gasteiger partial charge is 0.00127 e. The van der Waals surface area contributed by atoms with Crippen molar-refractivity contribution < 1.29 is 0 Å². The molecule has 2 nitrogen and oxygen atoms in total. The highest BCUT2D eigenvalue weighted by Gasteiger charge is 2.05. The van der Waals surface area contributed by atoms with Crippen molar-refractivity contribution in [2.45, 2.75) is 58.8 Å². The Morgan fingerprint density at radius 3 is 2.29 bits per heavy atom. The molecule has 0 bridgehead atoms. The summed E-state index contributed by atoms with van der Waals surface area (Å²) in [6, 6.07) is 0. The van der Waals surface area contributed by atoms with Crippen LogP contribution < -0.4 is 5.32 Å². The van der Waals surface area contributed by atoms with Gasteiger partial charge in [-0.25, -0.2) is 0 Å². The Kier molecular flexibility index (Phi) is 12.3. The van der Waals surface area contributed by atoms with E-state index in [-0.39, 0.29) is 0 Å². The summed E-state index contributed by atoms with van der Waals surface area (Å²) < 4.78 is 0. The van der Waals surface area contributed by atoms with Crippen molar-refractivity contribution in [1.29, 1.82) is 0 Å². The van der Waals surface area contributed by atoms with Crippen molar-refractivity contribution in [2.75, 3.05) is 33.7 Å². The summed E-state index contributed by atoms with van der Waals surface area (Å²) in [4.78, 5) is 2.25. The molecule has 17 heavy (non-hydrogen) atoms. The molecular weight excluding hydrogens is 208 g/mol. The van der Waals surface area contributed by atoms with Crippen molar-refractivity contribution >= 4 is 0 Å². The van der Waals surface area contributed by atoms with E-state index >= 15 is 0 Å². The van der Waals surface area contributed by atoms with E-state index in [0.717, 1.165) is 5.92 Å². The first-order valence-electron chi connectivity index (χ1n) is 7.56. The zero-order chi connectivity index (χ0) is 12.9. The van der Waals surface area contributed by atoms with Gasteiger partial charge in [-0.15, -0.1) is 0 Å². The number of nitrogens with one attached hydrogen (secondary N) is 1. The maximum absolute atomic E-state index is 3.57. The molecule has 1 unspecified atom stereocenters. The van der Waals surface area contributed by atoms with Crippen LogP contribution in [0, 0.1) is 5.92 Å². The molecule has 0 aromatic heterocycles. The van der Waals surface area contributed by atoms with Crippen LogP contribution in [0.3, 0.4) is 0 Å². The van der Waals surface area contributed by atoms with Gasteiger partial charge in [0.2, 0.25) is 0 Å². The molecular formula is C15H34N2. The normalized spacial score (nSPS) is 13.2. The lowest BCUT2D eigenvalue weighted by Gasteiger charge is -2.15. The molecule has 2 heteroatoms. The predicted molar refractivity (Wildman–Crippen MR) is 78.6 cm³/mol. The van der Waals surface area contributed by atoms with Gasteiger partial charge in [0, 0.05) is 0 Å². The zero-order valence-electron chi connectivity index (χ0n) is 12.6. The molecule has 0 fully saturated rings. The van der Waals surface area contributed by atoms with E-state index in [4.69, 9.17) is 0 Å². The number of nitrogens with zero attached hydrogens (tertiary/aromatic N) is 1. The topological polar surface area (TPSA) is 15.3 Å². The molecule has 0 aliphatic carbocycles. The highest BCUT2D eigenvalue weighted by Crippen LogP contribution is 2.16. The van der Waals surface area contributed by atoms with E-state index in [0.29, 0.717) is 0 Å². The van der Waals surface area contributed by atoms with E-state index in [1.54, 1.807) is 0 Å². The Hall–Kier alpha value is -0.0800. The van der Waals surface area contributed by atoms with Gasteiger partial charge in [0.15, 0.2) is 0 Å². The van der Waals surface area contributed by atoms with E-state index in [9.17, 15) is 0 Å². The summed E-state index contributed by atoms with van der Waals surface area (Å²) in [7, 11) is 4.28. The van der Waals surface area contributed by atoms with E-state index < -0.39 is 0 Å². The Morgan fingerprint density at radius 2 is 1.71 bits per heavy atom. The summed E-state index contributed by atoms with van der Waals surface area (Å²) in [5, 5.41) is 3.57. The van der Waals surface area contributed by atoms with Crippen LogP contribution >= 0.6 is 0 Å². The minimum atomic E-state index is 0.947. The fourth-order valence-electron chi connectivity index (χ4n) is 2.19. The summed E-state index contributed by atoms with van der Waals surface area (Å²) in [6.45, 7) is 8.19. The standard InChI is InChI=1S/C15H34N2/c1-5-7-8-10-15(6-2)11-13-16-12-9-14-17(3)4/h15-16H,5-14H2,1-4H3. The van der Waals surface area contributed by atoms with Gasteiger partial charge in [-0.1, -0.05) is 46.0 Å². The SMILES string of the molecule is CCCCCC(CC)CCNCCCN(C)C. The summed E-state index contributed by atoms with van der Waals surface area (Å²) in [5.74, 6) is 0.947. The van der Waals surface area contributed by atoms with Gasteiger partial charge in [0.1, 0.15) is 0 Å². The van der Waals surface area contributed by atoms with Gasteiger partial charge in [-0.2, -0.15) is 0 Å². The third-order valence-corrected chi connectivity index (χ3v) is 3.48. The van der Waals surface area contributed by atoms with Crippen LogP contribution in [0.5, 0.6) is 0 Å². The number of unbranched alkanes of at least 4 members (excludes halogenated alkanes) is 2. The number of rotatable bonds is 12. The monoisotopic (exact) mass is 242 g/mol. The van der Waals surface area contributed by atoms with Gasteiger partial charge in [0.05, 0.1) is 0 Å². The number of hydrogen-bond acceptors (Lipinski definition) is 2. The van der Waals surface area contributed by atoms with E-state index in [2.05, 4.69) is 38.2 Å². The fourth-order valence-corrected chi connectivity index (χ4v) is 2.19. The van der Waals surface area contributed by atoms with Crippen LogP contribution in [0.25, 0.3) is 0 Å². The first-order chi connectivity index (χ1) is 8.20. The zero-order valence-corrected chi connectivity index (χ0v) is 12.6. The van der Waals surface area contributed by atoms with Crippen LogP contribution in [0.1, 0.15) is 58.8 Å². The third-order valence-electron chi connectivity index (χ3n) is 3.48. The molecule has 0 aliphatic rings. The molecule has 0 rings (SSSR count). The summed E-state index contributed by atoms with van der Waals surface area (Å²) in [6.07, 6.45) is 9.59. The molecule has 104 valence electrons. The molecule has 0 radical (unpaired) electrons. The molecule has 0 aliphatic heterocycles. The Bertz CT molecular complexity index is 146. The quantitative estimate of drug-likeness (QED) is 0.527. The third kappa shape index (κ3) is 12.2. The lowest BCUT2D eigenvalue weighted by atomic mass is 9.95. The van der Waals surface area contributed by atoms with Crippen LogP contribution in [-0.4, -0.2) is 38.6 Å². The highest BCUT2D eigenvalue weighted by molar-refractivity contribution is 4.60. The first-order valence-corrected chi connectivity index (χ1v) is 7.56. The van der Waals surface area contributed by atoms with Crippen molar-refractivity contribution in [3.05, 3.63) is 0 Å². The minimum absolute atomic E-state index is 0.947. The second-order valence-electron chi connectivity index (χ2n) is 5.47. The fraction of sp³-hybridized carbons (Fsp3) is 1.00. The molecule has 0 saturated carbocycles. The maximum Gasteiger partial charge on any atom is -0.00127 e. The molecule has 0 saturated heterocycles. The van der Waals surface area contributed by atoms with Crippen molar-refractivity contribution in [2.24, 2.45) is 5.92 Å². The molecule has 0 amide bonds. The second-order valence-corrected chi connectivity index (χ2v) is 5.47. The largest absolute Gasteiger partial charge is 0.317 e. The van der Waals surface area contributed by atoms with Crippen molar-refractivity contribution in [3.8, 4) is 0 Å². The van der Waals surface area contributed by atoms with E-state index in [1.165, 1.54) is 64.6 Å². The van der Waals surface area contributed by atoms with Crippen LogP contribution in [-0.2, 0) is 0 Å². The molecule has 0 aromatic rings. The average Bonchev–Trinajstić information content (AvgIpc) is 2.31. The minimum Gasteiger partial charge on any atom is -0.317 e. The van der Waals surface area contributed by atoms with Crippen molar-refractivity contribution in [3.63, 3.8) is 0 Å². The molecule has 0 heterocycles. The Balaban J connectivity index is 3.30. The van der Waals surface area contributed by atoms with Gasteiger partial charge in [-0.3, -0.25) is 0 Å². The van der Waals surface area contributed by atoms with Gasteiger partial charge in [0.25, 0.3) is 0 Å². The second kappa shape index (κ2) is 12.4. The lowest BCUT2D eigenvalue weighted by molar-refractivity contribution is 0.381. The van der Waals surface area contributed by atoms with Crippen LogP contribution in [0.15, 0.2) is 0 Å². The van der Waals surface area contributed by atoms with Gasteiger partial charge >= 0.3 is 0 Å². The van der Waals surface area contributed by atoms with Gasteiger partial charge in [-0.05, 0) is 52.5 Å². The molecule has 1 N–H and O–H groups in total. The van der Waals surface area contributed by atoms with Crippen LogP contribution in [0.2, 0.25) is 0 Å². The Morgan fingerprint density at radius 1 is 0.941 bits per heavy atom. The van der Waals surface area contributed by atoms with Crippen molar-refractivity contribution in [1.82, 2.24) is 10.2 Å². The van der Waals surface area contributed by atoms with Crippen LogP contribution in [0.4, 0.5) is 0 Å². The van der Waals surface area contributed by atoms with E-state index in [1.807, 2.05) is 0 Å². The van der Waals surface area contributed by atoms with Gasteiger partial charge < -0.3 is 10.2 Å². The maximum atomic E-state index is 3.57. The molecule has 0 spiro atoms.